The lowest BCUT2D eigenvalue weighted by atomic mass is 10.0. The average molecular weight is 354 g/mol. The van der Waals surface area contributed by atoms with Gasteiger partial charge in [-0.2, -0.15) is 9.78 Å². The Morgan fingerprint density at radius 2 is 2.04 bits per heavy atom. The van der Waals surface area contributed by atoms with Crippen molar-refractivity contribution in [2.45, 2.75) is 12.2 Å². The minimum Gasteiger partial charge on any atom is -0.310 e. The lowest BCUT2D eigenvalue weighted by Gasteiger charge is -2.16. The molecule has 0 saturated carbocycles. The fourth-order valence-electron chi connectivity index (χ4n) is 2.96. The molecule has 2 aromatic heterocycles. The van der Waals surface area contributed by atoms with E-state index < -0.39 is 0 Å². The summed E-state index contributed by atoms with van der Waals surface area (Å²) in [4.78, 5) is 16.5. The predicted octanol–water partition coefficient (Wildman–Crippen LogP) is 3.49. The molecule has 4 rings (SSSR count). The molecule has 1 atom stereocenters. The van der Waals surface area contributed by atoms with Crippen LogP contribution < -0.4 is 5.32 Å². The number of halogens is 1. The van der Waals surface area contributed by atoms with Gasteiger partial charge in [0.1, 0.15) is 11.6 Å². The van der Waals surface area contributed by atoms with Crippen molar-refractivity contribution in [2.75, 3.05) is 11.1 Å². The molecule has 3 heterocycles. The van der Waals surface area contributed by atoms with Crippen LogP contribution in [0.4, 0.5) is 10.2 Å². The SMILES string of the molecule is Cc1nn(-c2ccccn2)c2c1[C@H](c1ccccc1F)SCC(=O)N2. The largest absolute Gasteiger partial charge is 0.310 e. The van der Waals surface area contributed by atoms with Crippen molar-refractivity contribution in [2.24, 2.45) is 0 Å². The molecular formula is C18H15FN4OS. The molecule has 0 saturated heterocycles. The summed E-state index contributed by atoms with van der Waals surface area (Å²) >= 11 is 1.40. The smallest absolute Gasteiger partial charge is 0.235 e. The van der Waals surface area contributed by atoms with Crippen molar-refractivity contribution >= 4 is 23.5 Å². The Hall–Kier alpha value is -2.67. The summed E-state index contributed by atoms with van der Waals surface area (Å²) in [5, 5.41) is 7.14. The quantitative estimate of drug-likeness (QED) is 0.765. The number of nitrogens with one attached hydrogen (secondary N) is 1. The maximum Gasteiger partial charge on any atom is 0.235 e. The molecule has 0 spiro atoms. The zero-order valence-electron chi connectivity index (χ0n) is 13.4. The molecule has 25 heavy (non-hydrogen) atoms. The molecule has 0 fully saturated rings. The van der Waals surface area contributed by atoms with Crippen LogP contribution >= 0.6 is 11.8 Å². The maximum atomic E-state index is 14.4. The van der Waals surface area contributed by atoms with E-state index in [1.807, 2.05) is 25.1 Å². The highest BCUT2D eigenvalue weighted by molar-refractivity contribution is 8.00. The third kappa shape index (κ3) is 2.80. The molecule has 7 heteroatoms. The number of hydrogen-bond acceptors (Lipinski definition) is 4. The van der Waals surface area contributed by atoms with Gasteiger partial charge in [-0.15, -0.1) is 11.8 Å². The second-order valence-corrected chi connectivity index (χ2v) is 6.80. The predicted molar refractivity (Wildman–Crippen MR) is 95.4 cm³/mol. The highest BCUT2D eigenvalue weighted by Gasteiger charge is 2.32. The van der Waals surface area contributed by atoms with E-state index >= 15 is 0 Å². The van der Waals surface area contributed by atoms with Crippen molar-refractivity contribution in [1.29, 1.82) is 0 Å². The molecule has 126 valence electrons. The first-order valence-corrected chi connectivity index (χ1v) is 8.87. The van der Waals surface area contributed by atoms with Gasteiger partial charge < -0.3 is 5.32 Å². The number of aromatic nitrogens is 3. The molecule has 0 unspecified atom stereocenters. The number of thioether (sulfide) groups is 1. The van der Waals surface area contributed by atoms with Gasteiger partial charge in [0.2, 0.25) is 5.91 Å². The van der Waals surface area contributed by atoms with Gasteiger partial charge in [0.15, 0.2) is 5.82 Å². The first-order valence-electron chi connectivity index (χ1n) is 7.82. The molecule has 3 aromatic rings. The van der Waals surface area contributed by atoms with Crippen molar-refractivity contribution in [1.82, 2.24) is 14.8 Å². The number of amides is 1. The third-order valence-electron chi connectivity index (χ3n) is 4.06. The Bertz CT molecular complexity index is 942. The molecule has 1 amide bonds. The number of pyridine rings is 1. The minimum atomic E-state index is -0.312. The second-order valence-electron chi connectivity index (χ2n) is 5.71. The summed E-state index contributed by atoms with van der Waals surface area (Å²) in [7, 11) is 0. The lowest BCUT2D eigenvalue weighted by Crippen LogP contribution is -2.16. The zero-order chi connectivity index (χ0) is 17.4. The van der Waals surface area contributed by atoms with Gasteiger partial charge in [-0.25, -0.2) is 9.37 Å². The van der Waals surface area contributed by atoms with Crippen LogP contribution in [0.2, 0.25) is 0 Å². The molecule has 5 nitrogen and oxygen atoms in total. The Kier molecular flexibility index (Phi) is 4.01. The van der Waals surface area contributed by atoms with E-state index in [-0.39, 0.29) is 22.7 Å². The average Bonchev–Trinajstić information content (AvgIpc) is 2.83. The summed E-state index contributed by atoms with van der Waals surface area (Å²) in [5.41, 5.74) is 2.10. The summed E-state index contributed by atoms with van der Waals surface area (Å²) in [5.74, 6) is 0.980. The number of fused-ring (bicyclic) bond motifs is 1. The molecular weight excluding hydrogens is 339 g/mol. The summed E-state index contributed by atoms with van der Waals surface area (Å²) in [6.07, 6.45) is 1.67. The Balaban J connectivity index is 1.92. The van der Waals surface area contributed by atoms with Gasteiger partial charge in [-0.3, -0.25) is 4.79 Å². The Morgan fingerprint density at radius 3 is 2.80 bits per heavy atom. The van der Waals surface area contributed by atoms with Crippen LogP contribution in [-0.2, 0) is 4.79 Å². The van der Waals surface area contributed by atoms with Crippen LogP contribution in [0.15, 0.2) is 48.7 Å². The van der Waals surface area contributed by atoms with E-state index in [4.69, 9.17) is 0 Å². The van der Waals surface area contributed by atoms with Crippen LogP contribution in [0, 0.1) is 12.7 Å². The van der Waals surface area contributed by atoms with Crippen molar-refractivity contribution in [3.63, 3.8) is 0 Å². The summed E-state index contributed by atoms with van der Waals surface area (Å²) in [6.45, 7) is 1.87. The molecule has 0 aliphatic carbocycles. The first kappa shape index (κ1) is 15.8. The standard InChI is InChI=1S/C18H15FN4OS/c1-11-16-17(12-6-2-3-7-13(12)19)25-10-15(24)21-18(16)23(22-11)14-8-4-5-9-20-14/h2-9,17H,10H2,1H3,(H,21,24)/t17-/m0/s1. The van der Waals surface area contributed by atoms with Crippen molar-refractivity contribution in [3.05, 3.63) is 71.3 Å². The highest BCUT2D eigenvalue weighted by atomic mass is 32.2. The van der Waals surface area contributed by atoms with Crippen LogP contribution in [0.3, 0.4) is 0 Å². The van der Waals surface area contributed by atoms with Gasteiger partial charge in [0.25, 0.3) is 0 Å². The van der Waals surface area contributed by atoms with Crippen LogP contribution in [0.5, 0.6) is 0 Å². The number of carbonyl (C=O) groups excluding carboxylic acids is 1. The fourth-order valence-corrected chi connectivity index (χ4v) is 4.17. The first-order chi connectivity index (χ1) is 12.1. The van der Waals surface area contributed by atoms with Gasteiger partial charge in [-0.05, 0) is 25.1 Å². The van der Waals surface area contributed by atoms with Crippen molar-refractivity contribution < 1.29 is 9.18 Å². The number of rotatable bonds is 2. The van der Waals surface area contributed by atoms with E-state index in [9.17, 15) is 9.18 Å². The molecule has 1 aromatic carbocycles. The summed E-state index contributed by atoms with van der Waals surface area (Å²) < 4.78 is 16.0. The van der Waals surface area contributed by atoms with Crippen LogP contribution in [0.25, 0.3) is 5.82 Å². The van der Waals surface area contributed by atoms with Crippen LogP contribution in [-0.4, -0.2) is 26.4 Å². The molecule has 1 aliphatic heterocycles. The maximum absolute atomic E-state index is 14.4. The van der Waals surface area contributed by atoms with E-state index in [0.29, 0.717) is 17.2 Å². The number of hydrogen-bond donors (Lipinski definition) is 1. The Labute approximate surface area is 148 Å². The number of nitrogens with zero attached hydrogens (tertiary/aromatic N) is 3. The van der Waals surface area contributed by atoms with Gasteiger partial charge in [-0.1, -0.05) is 24.3 Å². The minimum absolute atomic E-state index is 0.137. The highest BCUT2D eigenvalue weighted by Crippen LogP contribution is 2.44. The number of aryl methyl sites for hydroxylation is 1. The van der Waals surface area contributed by atoms with Gasteiger partial charge >= 0.3 is 0 Å². The van der Waals surface area contributed by atoms with E-state index in [1.165, 1.54) is 17.8 Å². The van der Waals surface area contributed by atoms with Crippen LogP contribution in [0.1, 0.15) is 22.1 Å². The lowest BCUT2D eigenvalue weighted by molar-refractivity contribution is -0.113. The zero-order valence-corrected chi connectivity index (χ0v) is 14.3. The summed E-state index contributed by atoms with van der Waals surface area (Å²) in [6, 6.07) is 12.1. The number of anilines is 1. The monoisotopic (exact) mass is 354 g/mol. The van der Waals surface area contributed by atoms with E-state index in [0.717, 1.165) is 11.3 Å². The van der Waals surface area contributed by atoms with Crippen molar-refractivity contribution in [3.8, 4) is 5.82 Å². The molecule has 0 bridgehead atoms. The molecule has 0 radical (unpaired) electrons. The second kappa shape index (κ2) is 6.33. The topological polar surface area (TPSA) is 59.8 Å². The molecule has 1 N–H and O–H groups in total. The van der Waals surface area contributed by atoms with E-state index in [1.54, 1.807) is 29.1 Å². The third-order valence-corrected chi connectivity index (χ3v) is 5.31. The number of benzene rings is 1. The van der Waals surface area contributed by atoms with Gasteiger partial charge in [0.05, 0.1) is 16.7 Å². The normalized spacial score (nSPS) is 16.9. The number of carbonyl (C=O) groups is 1. The van der Waals surface area contributed by atoms with Gasteiger partial charge in [0, 0.05) is 17.3 Å². The van der Waals surface area contributed by atoms with E-state index in [2.05, 4.69) is 15.4 Å². The molecule has 1 aliphatic rings. The Morgan fingerprint density at radius 1 is 1.24 bits per heavy atom. The fraction of sp³-hybridized carbons (Fsp3) is 0.167.